The molecular weight excluding hydrogens is 462 g/mol. The fourth-order valence-corrected chi connectivity index (χ4v) is 6.25. The number of carbonyl (C=O) groups excluding carboxylic acids is 4. The van der Waals surface area contributed by atoms with Crippen molar-refractivity contribution in [2.24, 2.45) is 35.5 Å². The maximum absolute atomic E-state index is 13.7. The number of hydrogen-bond donors (Lipinski definition) is 0. The van der Waals surface area contributed by atoms with Crippen molar-refractivity contribution in [3.05, 3.63) is 87.5 Å². The van der Waals surface area contributed by atoms with Crippen LogP contribution in [0.4, 0.5) is 5.69 Å². The van der Waals surface area contributed by atoms with E-state index in [4.69, 9.17) is 0 Å². The van der Waals surface area contributed by atoms with Gasteiger partial charge in [-0.15, -0.1) is 0 Å². The van der Waals surface area contributed by atoms with Crippen LogP contribution in [0.15, 0.2) is 60.7 Å². The molecule has 7 rings (SSSR count). The van der Waals surface area contributed by atoms with Crippen molar-refractivity contribution in [2.75, 3.05) is 6.54 Å². The first-order valence-corrected chi connectivity index (χ1v) is 12.0. The normalized spacial score (nSPS) is 29.1. The second kappa shape index (κ2) is 7.94. The van der Waals surface area contributed by atoms with E-state index in [-0.39, 0.29) is 23.1 Å². The third-order valence-electron chi connectivity index (χ3n) is 8.11. The summed E-state index contributed by atoms with van der Waals surface area (Å²) in [5.74, 6) is -2.41. The Kier molecular flexibility index (Phi) is 4.93. The Morgan fingerprint density at radius 1 is 0.917 bits per heavy atom. The number of carbonyl (C=O) groups is 4. The van der Waals surface area contributed by atoms with Crippen LogP contribution in [0.2, 0.25) is 0 Å². The third kappa shape index (κ3) is 3.30. The van der Waals surface area contributed by atoms with Crippen molar-refractivity contribution in [1.82, 2.24) is 10.0 Å². The number of hydrazine groups is 1. The van der Waals surface area contributed by atoms with Gasteiger partial charge in [-0.2, -0.15) is 5.01 Å². The number of non-ortho nitro benzene ring substituents is 1. The first-order valence-electron chi connectivity index (χ1n) is 12.0. The van der Waals surface area contributed by atoms with Crippen molar-refractivity contribution in [2.45, 2.75) is 13.3 Å². The molecule has 0 unspecified atom stereocenters. The molecule has 9 nitrogen and oxygen atoms in total. The van der Waals surface area contributed by atoms with Gasteiger partial charge in [0.05, 0.1) is 16.8 Å². The number of amides is 3. The molecule has 4 aliphatic carbocycles. The van der Waals surface area contributed by atoms with Gasteiger partial charge in [-0.05, 0) is 49.1 Å². The number of hydrogen-bond acceptors (Lipinski definition) is 6. The molecule has 36 heavy (non-hydrogen) atoms. The average molecular weight is 485 g/mol. The van der Waals surface area contributed by atoms with Gasteiger partial charge < -0.3 is 0 Å². The van der Waals surface area contributed by atoms with Crippen molar-refractivity contribution in [1.29, 1.82) is 0 Å². The van der Waals surface area contributed by atoms with Crippen molar-refractivity contribution < 1.29 is 24.1 Å². The first kappa shape index (κ1) is 22.3. The lowest BCUT2D eigenvalue weighted by Gasteiger charge is -2.37. The summed E-state index contributed by atoms with van der Waals surface area (Å²) in [6.45, 7) is 1.38. The lowest BCUT2D eigenvalue weighted by atomic mass is 9.63. The van der Waals surface area contributed by atoms with Crippen molar-refractivity contribution >= 4 is 29.2 Å². The Bertz CT molecular complexity index is 1310. The predicted octanol–water partition coefficient (Wildman–Crippen LogP) is 3.20. The van der Waals surface area contributed by atoms with Crippen molar-refractivity contribution in [3.63, 3.8) is 0 Å². The van der Waals surface area contributed by atoms with Gasteiger partial charge in [0.1, 0.15) is 6.54 Å². The Hall–Kier alpha value is -4.14. The molecule has 9 heteroatoms. The molecule has 2 bridgehead atoms. The van der Waals surface area contributed by atoms with E-state index in [0.717, 1.165) is 22.0 Å². The number of ketones is 1. The number of imide groups is 1. The molecule has 0 radical (unpaired) electrons. The van der Waals surface area contributed by atoms with Gasteiger partial charge in [-0.1, -0.05) is 42.0 Å². The second-order valence-corrected chi connectivity index (χ2v) is 10.1. The number of nitrogens with zero attached hydrogens (tertiary/aromatic N) is 3. The quantitative estimate of drug-likeness (QED) is 0.204. The standard InChI is InChI=1S/C27H23N3O6/c1-14-2-4-15(5-3-14)22(31)13-28(25(32)16-6-8-17(9-7-16)30(35)36)29-26(33)23-18-10-11-19(21-12-20(18)21)24(23)27(29)34/h2-11,18-21,23-24H,12-13H2,1H3/t18-,19-,20-,21-,23-,24+/m0/s1. The average Bonchev–Trinajstić information content (AvgIpc) is 3.66. The summed E-state index contributed by atoms with van der Waals surface area (Å²) in [5, 5.41) is 12.8. The molecule has 5 aliphatic rings. The van der Waals surface area contributed by atoms with Crippen LogP contribution in [0.25, 0.3) is 0 Å². The molecular formula is C27H23N3O6. The zero-order chi connectivity index (χ0) is 25.3. The molecule has 0 spiro atoms. The largest absolute Gasteiger partial charge is 0.292 e. The molecule has 2 saturated carbocycles. The molecule has 2 aromatic carbocycles. The SMILES string of the molecule is Cc1ccc(C(=O)CN(C(=O)c2ccc([N+](=O)[O-])cc2)N2C(=O)[C@@H]3[C@H]4C=C[C@@H]([C@@H]5C[C@@H]45)[C@@H]3C2=O)cc1. The minimum Gasteiger partial charge on any atom is -0.292 e. The summed E-state index contributed by atoms with van der Waals surface area (Å²) in [5.41, 5.74) is 1.15. The van der Waals surface area contributed by atoms with Crippen LogP contribution in [0.5, 0.6) is 0 Å². The zero-order valence-corrected chi connectivity index (χ0v) is 19.4. The number of allylic oxidation sites excluding steroid dienone is 2. The van der Waals surface area contributed by atoms with E-state index in [1.54, 1.807) is 24.3 Å². The van der Waals surface area contributed by atoms with Crippen LogP contribution in [0, 0.1) is 52.5 Å². The van der Waals surface area contributed by atoms with E-state index in [2.05, 4.69) is 0 Å². The summed E-state index contributed by atoms with van der Waals surface area (Å²) in [4.78, 5) is 64.6. The summed E-state index contributed by atoms with van der Waals surface area (Å²) in [6, 6.07) is 11.7. The molecule has 3 amide bonds. The van der Waals surface area contributed by atoms with Crippen LogP contribution in [0.3, 0.4) is 0 Å². The van der Waals surface area contributed by atoms with E-state index < -0.39 is 46.8 Å². The highest BCUT2D eigenvalue weighted by molar-refractivity contribution is 6.10. The van der Waals surface area contributed by atoms with E-state index >= 15 is 0 Å². The molecule has 1 saturated heterocycles. The maximum Gasteiger partial charge on any atom is 0.273 e. The second-order valence-electron chi connectivity index (χ2n) is 10.1. The van der Waals surface area contributed by atoms with Gasteiger partial charge in [0, 0.05) is 23.3 Å². The number of nitro benzene ring substituents is 1. The van der Waals surface area contributed by atoms with Gasteiger partial charge in [0.2, 0.25) is 0 Å². The molecule has 1 aliphatic heterocycles. The molecule has 2 aromatic rings. The van der Waals surface area contributed by atoms with Gasteiger partial charge in [-0.3, -0.25) is 29.3 Å². The molecule has 0 N–H and O–H groups in total. The maximum atomic E-state index is 13.7. The third-order valence-corrected chi connectivity index (χ3v) is 8.11. The lowest BCUT2D eigenvalue weighted by molar-refractivity contribution is -0.384. The fourth-order valence-electron chi connectivity index (χ4n) is 6.25. The van der Waals surface area contributed by atoms with Gasteiger partial charge in [0.15, 0.2) is 5.78 Å². The Balaban J connectivity index is 1.35. The van der Waals surface area contributed by atoms with E-state index in [1.165, 1.54) is 24.3 Å². The molecule has 3 fully saturated rings. The molecule has 1 heterocycles. The Morgan fingerprint density at radius 2 is 1.44 bits per heavy atom. The minimum absolute atomic E-state index is 0.0319. The summed E-state index contributed by atoms with van der Waals surface area (Å²) >= 11 is 0. The lowest BCUT2D eigenvalue weighted by Crippen LogP contribution is -2.52. The van der Waals surface area contributed by atoms with Gasteiger partial charge in [0.25, 0.3) is 23.4 Å². The number of rotatable bonds is 6. The van der Waals surface area contributed by atoms with Gasteiger partial charge >= 0.3 is 0 Å². The number of Topliss-reactive ketones (excluding diaryl/α,β-unsaturated/α-hetero) is 1. The number of benzene rings is 2. The topological polar surface area (TPSA) is 118 Å². The Morgan fingerprint density at radius 3 is 1.97 bits per heavy atom. The highest BCUT2D eigenvalue weighted by atomic mass is 16.6. The predicted molar refractivity (Wildman–Crippen MR) is 126 cm³/mol. The highest BCUT2D eigenvalue weighted by Crippen LogP contribution is 2.65. The van der Waals surface area contributed by atoms with Crippen LogP contribution < -0.4 is 0 Å². The van der Waals surface area contributed by atoms with Gasteiger partial charge in [-0.25, -0.2) is 5.01 Å². The Labute approximate surface area is 206 Å². The zero-order valence-electron chi connectivity index (χ0n) is 19.4. The first-order chi connectivity index (χ1) is 17.3. The fraction of sp³-hybridized carbons (Fsp3) is 0.333. The monoisotopic (exact) mass is 485 g/mol. The molecule has 182 valence electrons. The van der Waals surface area contributed by atoms with Crippen LogP contribution in [-0.4, -0.2) is 45.0 Å². The minimum atomic E-state index is -0.740. The number of aryl methyl sites for hydroxylation is 1. The van der Waals surface area contributed by atoms with E-state index in [9.17, 15) is 29.3 Å². The summed E-state index contributed by atoms with van der Waals surface area (Å²) in [6.07, 6.45) is 5.08. The van der Waals surface area contributed by atoms with Crippen LogP contribution in [-0.2, 0) is 9.59 Å². The van der Waals surface area contributed by atoms with Crippen LogP contribution >= 0.6 is 0 Å². The number of nitro groups is 1. The van der Waals surface area contributed by atoms with Crippen LogP contribution in [0.1, 0.15) is 32.7 Å². The van der Waals surface area contributed by atoms with Crippen molar-refractivity contribution in [3.8, 4) is 0 Å². The summed E-state index contributed by atoms with van der Waals surface area (Å²) < 4.78 is 0. The van der Waals surface area contributed by atoms with E-state index in [0.29, 0.717) is 17.4 Å². The highest BCUT2D eigenvalue weighted by Gasteiger charge is 2.68. The molecule has 0 aromatic heterocycles. The van der Waals surface area contributed by atoms with E-state index in [1.807, 2.05) is 19.1 Å². The molecule has 6 atom stereocenters. The smallest absolute Gasteiger partial charge is 0.273 e. The summed E-state index contributed by atoms with van der Waals surface area (Å²) in [7, 11) is 0.